The Labute approximate surface area is 115 Å². The van der Waals surface area contributed by atoms with E-state index in [2.05, 4.69) is 20.9 Å². The molecule has 0 saturated heterocycles. The number of anilines is 1. The first-order valence-electron chi connectivity index (χ1n) is 5.62. The third-order valence-electron chi connectivity index (χ3n) is 2.99. The number of hydrogen-bond acceptors (Lipinski definition) is 3. The van der Waals surface area contributed by atoms with Crippen LogP contribution in [0.4, 0.5) is 5.82 Å². The summed E-state index contributed by atoms with van der Waals surface area (Å²) in [6.45, 7) is 3.65. The van der Waals surface area contributed by atoms with Crippen molar-refractivity contribution in [3.05, 3.63) is 57.7 Å². The van der Waals surface area contributed by atoms with Gasteiger partial charge in [-0.3, -0.25) is 0 Å². The number of hydrogen-bond donors (Lipinski definition) is 2. The molecule has 1 atom stereocenters. The van der Waals surface area contributed by atoms with Crippen LogP contribution in [0.25, 0.3) is 0 Å². The van der Waals surface area contributed by atoms with Crippen molar-refractivity contribution in [2.24, 2.45) is 0 Å². The van der Waals surface area contributed by atoms with Gasteiger partial charge in [0.2, 0.25) is 0 Å². The zero-order valence-electron chi connectivity index (χ0n) is 10.3. The lowest BCUT2D eigenvalue weighted by molar-refractivity contribution is 0.103. The van der Waals surface area contributed by atoms with Crippen LogP contribution in [0.3, 0.4) is 0 Å². The highest BCUT2D eigenvalue weighted by Crippen LogP contribution is 2.32. The molecule has 1 unspecified atom stereocenters. The number of nitrogens with zero attached hydrogens (tertiary/aromatic N) is 1. The molecule has 3 N–H and O–H groups in total. The van der Waals surface area contributed by atoms with Crippen molar-refractivity contribution in [3.63, 3.8) is 0 Å². The molecule has 4 heteroatoms. The normalized spacial score (nSPS) is 14.2. The summed E-state index contributed by atoms with van der Waals surface area (Å²) in [7, 11) is 0. The van der Waals surface area contributed by atoms with Crippen molar-refractivity contribution < 1.29 is 5.11 Å². The molecule has 1 aromatic heterocycles. The van der Waals surface area contributed by atoms with Crippen LogP contribution in [-0.2, 0) is 5.60 Å². The third kappa shape index (κ3) is 2.40. The zero-order valence-corrected chi connectivity index (χ0v) is 11.9. The van der Waals surface area contributed by atoms with Crippen LogP contribution in [0.15, 0.2) is 41.0 Å². The molecule has 0 saturated carbocycles. The number of aryl methyl sites for hydroxylation is 1. The Hall–Kier alpha value is -1.39. The Bertz CT molecular complexity index is 565. The maximum absolute atomic E-state index is 10.7. The minimum absolute atomic E-state index is 0.355. The van der Waals surface area contributed by atoms with E-state index < -0.39 is 5.60 Å². The minimum Gasteiger partial charge on any atom is -0.383 e. The summed E-state index contributed by atoms with van der Waals surface area (Å²) < 4.78 is 0.970. The fraction of sp³-hybridized carbons (Fsp3) is 0.214. The third-order valence-corrected chi connectivity index (χ3v) is 3.51. The molecule has 0 radical (unpaired) electrons. The van der Waals surface area contributed by atoms with Crippen molar-refractivity contribution in [1.29, 1.82) is 0 Å². The van der Waals surface area contributed by atoms with Crippen LogP contribution in [0, 0.1) is 6.92 Å². The van der Waals surface area contributed by atoms with E-state index in [0.717, 1.165) is 15.6 Å². The molecule has 2 aromatic rings. The summed E-state index contributed by atoms with van der Waals surface area (Å²) in [6, 6.07) is 9.38. The second-order valence-electron chi connectivity index (χ2n) is 4.52. The summed E-state index contributed by atoms with van der Waals surface area (Å²) in [5.41, 5.74) is 7.09. The number of aromatic nitrogens is 1. The topological polar surface area (TPSA) is 59.1 Å². The maximum atomic E-state index is 10.7. The van der Waals surface area contributed by atoms with E-state index in [1.54, 1.807) is 13.1 Å². The second-order valence-corrected chi connectivity index (χ2v) is 5.44. The van der Waals surface area contributed by atoms with E-state index in [-0.39, 0.29) is 0 Å². The van der Waals surface area contributed by atoms with Crippen molar-refractivity contribution >= 4 is 21.7 Å². The molecule has 1 aromatic carbocycles. The van der Waals surface area contributed by atoms with Crippen molar-refractivity contribution in [3.8, 4) is 0 Å². The van der Waals surface area contributed by atoms with Gasteiger partial charge in [0, 0.05) is 16.2 Å². The van der Waals surface area contributed by atoms with Crippen LogP contribution in [-0.4, -0.2) is 10.1 Å². The average molecular weight is 307 g/mol. The van der Waals surface area contributed by atoms with Gasteiger partial charge < -0.3 is 10.8 Å². The molecule has 18 heavy (non-hydrogen) atoms. The van der Waals surface area contributed by atoms with Crippen LogP contribution in [0.1, 0.15) is 23.6 Å². The van der Waals surface area contributed by atoms with Gasteiger partial charge in [0.05, 0.1) is 0 Å². The van der Waals surface area contributed by atoms with Crippen molar-refractivity contribution in [2.45, 2.75) is 19.4 Å². The number of pyridine rings is 1. The second kappa shape index (κ2) is 4.71. The number of nitrogens with two attached hydrogens (primary N) is 1. The Morgan fingerprint density at radius 3 is 2.50 bits per heavy atom. The molecule has 0 aliphatic rings. The highest BCUT2D eigenvalue weighted by Gasteiger charge is 2.28. The van der Waals surface area contributed by atoms with E-state index in [1.807, 2.05) is 37.3 Å². The summed E-state index contributed by atoms with van der Waals surface area (Å²) in [6.07, 6.45) is 1.69. The van der Waals surface area contributed by atoms with E-state index in [4.69, 9.17) is 5.73 Å². The van der Waals surface area contributed by atoms with E-state index in [1.165, 1.54) is 0 Å². The van der Waals surface area contributed by atoms with Gasteiger partial charge >= 0.3 is 0 Å². The van der Waals surface area contributed by atoms with Crippen LogP contribution in [0.2, 0.25) is 0 Å². The molecular formula is C14H15BrN2O. The van der Waals surface area contributed by atoms with Crippen LogP contribution >= 0.6 is 15.9 Å². The smallest absolute Gasteiger partial charge is 0.129 e. The van der Waals surface area contributed by atoms with E-state index >= 15 is 0 Å². The van der Waals surface area contributed by atoms with Gasteiger partial charge in [-0.2, -0.15) is 0 Å². The predicted molar refractivity (Wildman–Crippen MR) is 76.2 cm³/mol. The molecule has 0 fully saturated rings. The molecule has 0 amide bonds. The Morgan fingerprint density at radius 1 is 1.28 bits per heavy atom. The Kier molecular flexibility index (Phi) is 3.41. The molecule has 1 heterocycles. The molecule has 0 aliphatic carbocycles. The van der Waals surface area contributed by atoms with Crippen molar-refractivity contribution in [1.82, 2.24) is 4.98 Å². The lowest BCUT2D eigenvalue weighted by Gasteiger charge is -2.25. The maximum Gasteiger partial charge on any atom is 0.129 e. The lowest BCUT2D eigenvalue weighted by Crippen LogP contribution is -2.24. The molecule has 3 nitrogen and oxygen atoms in total. The summed E-state index contributed by atoms with van der Waals surface area (Å²) in [4.78, 5) is 4.10. The first kappa shape index (κ1) is 13.1. The summed E-state index contributed by atoms with van der Waals surface area (Å²) in [5, 5.41) is 10.7. The monoisotopic (exact) mass is 306 g/mol. The summed E-state index contributed by atoms with van der Waals surface area (Å²) in [5.74, 6) is 0.355. The predicted octanol–water partition coefficient (Wildman–Crippen LogP) is 2.99. The molecule has 0 spiro atoms. The lowest BCUT2D eigenvalue weighted by atomic mass is 9.88. The fourth-order valence-electron chi connectivity index (χ4n) is 1.90. The van der Waals surface area contributed by atoms with Gasteiger partial charge in [-0.25, -0.2) is 4.98 Å². The molecule has 0 bridgehead atoms. The molecule has 2 rings (SSSR count). The van der Waals surface area contributed by atoms with Gasteiger partial charge in [-0.1, -0.05) is 28.1 Å². The standard InChI is InChI=1S/C14H15BrN2O/c1-9-7-12(13(16)17-8-9)14(2,18)10-3-5-11(15)6-4-10/h3-8,18H,1-2H3,(H2,16,17). The van der Waals surface area contributed by atoms with E-state index in [0.29, 0.717) is 11.4 Å². The Morgan fingerprint density at radius 2 is 1.89 bits per heavy atom. The number of halogens is 1. The van der Waals surface area contributed by atoms with Crippen LogP contribution < -0.4 is 5.73 Å². The SMILES string of the molecule is Cc1cnc(N)c(C(C)(O)c2ccc(Br)cc2)c1. The highest BCUT2D eigenvalue weighted by atomic mass is 79.9. The first-order valence-corrected chi connectivity index (χ1v) is 6.41. The molecular weight excluding hydrogens is 292 g/mol. The van der Waals surface area contributed by atoms with Gasteiger partial charge in [0.15, 0.2) is 0 Å². The quantitative estimate of drug-likeness (QED) is 0.896. The average Bonchev–Trinajstić information content (AvgIpc) is 2.32. The Balaban J connectivity index is 2.53. The number of rotatable bonds is 2. The minimum atomic E-state index is -1.15. The van der Waals surface area contributed by atoms with E-state index in [9.17, 15) is 5.11 Å². The number of aliphatic hydroxyl groups is 1. The first-order chi connectivity index (χ1) is 8.41. The van der Waals surface area contributed by atoms with Gasteiger partial charge in [0.25, 0.3) is 0 Å². The van der Waals surface area contributed by atoms with Gasteiger partial charge in [-0.05, 0) is 43.2 Å². The summed E-state index contributed by atoms with van der Waals surface area (Å²) >= 11 is 3.38. The molecule has 0 aliphatic heterocycles. The largest absolute Gasteiger partial charge is 0.383 e. The fourth-order valence-corrected chi connectivity index (χ4v) is 2.16. The van der Waals surface area contributed by atoms with Crippen molar-refractivity contribution in [2.75, 3.05) is 5.73 Å². The zero-order chi connectivity index (χ0) is 13.3. The van der Waals surface area contributed by atoms with Gasteiger partial charge in [-0.15, -0.1) is 0 Å². The van der Waals surface area contributed by atoms with Gasteiger partial charge in [0.1, 0.15) is 11.4 Å². The number of benzene rings is 1. The number of nitrogen functional groups attached to an aromatic ring is 1. The highest BCUT2D eigenvalue weighted by molar-refractivity contribution is 9.10. The molecule has 94 valence electrons. The van der Waals surface area contributed by atoms with Crippen LogP contribution in [0.5, 0.6) is 0 Å².